The third-order valence-electron chi connectivity index (χ3n) is 3.00. The van der Waals surface area contributed by atoms with Crippen LogP contribution in [0.15, 0.2) is 12.4 Å². The van der Waals surface area contributed by atoms with E-state index < -0.39 is 0 Å². The van der Waals surface area contributed by atoms with Gasteiger partial charge in [0.05, 0.1) is 0 Å². The Morgan fingerprint density at radius 3 is 2.53 bits per heavy atom. The summed E-state index contributed by atoms with van der Waals surface area (Å²) in [6, 6.07) is 0. The van der Waals surface area contributed by atoms with E-state index in [1.807, 2.05) is 12.4 Å². The second kappa shape index (κ2) is 5.61. The summed E-state index contributed by atoms with van der Waals surface area (Å²) < 4.78 is 1.03. The molecule has 17 heavy (non-hydrogen) atoms. The summed E-state index contributed by atoms with van der Waals surface area (Å²) in [6.07, 6.45) is 5.37. The van der Waals surface area contributed by atoms with E-state index in [1.54, 1.807) is 7.05 Å². The van der Waals surface area contributed by atoms with E-state index in [9.17, 15) is 4.79 Å². The summed E-state index contributed by atoms with van der Waals surface area (Å²) in [7, 11) is 1.69. The minimum absolute atomic E-state index is 0.139. The van der Waals surface area contributed by atoms with Gasteiger partial charge in [0, 0.05) is 42.0 Å². The molecule has 1 aliphatic heterocycles. The lowest BCUT2D eigenvalue weighted by molar-refractivity contribution is -0.125. The zero-order chi connectivity index (χ0) is 12.3. The Hall–Kier alpha value is -0.920. The van der Waals surface area contributed by atoms with Crippen LogP contribution in [-0.2, 0) is 4.79 Å². The van der Waals surface area contributed by atoms with Gasteiger partial charge in [0.2, 0.25) is 11.9 Å². The normalized spacial score (nSPS) is 16.9. The van der Waals surface area contributed by atoms with Crippen molar-refractivity contribution in [3.05, 3.63) is 16.0 Å². The Kier molecular flexibility index (Phi) is 4.14. The van der Waals surface area contributed by atoms with Crippen LogP contribution < -0.4 is 10.2 Å². The van der Waals surface area contributed by atoms with E-state index >= 15 is 0 Å². The molecule has 92 valence electrons. The fourth-order valence-electron chi connectivity index (χ4n) is 2.01. The summed E-state index contributed by atoms with van der Waals surface area (Å²) in [6.45, 7) is 1.69. The Bertz CT molecular complexity index is 387. The highest BCUT2D eigenvalue weighted by atomic mass is 127. The van der Waals surface area contributed by atoms with Gasteiger partial charge >= 0.3 is 0 Å². The monoisotopic (exact) mass is 346 g/mol. The van der Waals surface area contributed by atoms with Crippen LogP contribution in [0.5, 0.6) is 0 Å². The van der Waals surface area contributed by atoms with E-state index in [-0.39, 0.29) is 11.8 Å². The third kappa shape index (κ3) is 3.05. The number of carbonyl (C=O) groups excluding carboxylic acids is 1. The fraction of sp³-hybridized carbons (Fsp3) is 0.545. The van der Waals surface area contributed by atoms with Gasteiger partial charge in [0.15, 0.2) is 0 Å². The minimum Gasteiger partial charge on any atom is -0.359 e. The van der Waals surface area contributed by atoms with Gasteiger partial charge in [-0.15, -0.1) is 0 Å². The highest BCUT2D eigenvalue weighted by Gasteiger charge is 2.25. The smallest absolute Gasteiger partial charge is 0.225 e. The lowest BCUT2D eigenvalue weighted by Crippen LogP contribution is -2.40. The molecule has 2 rings (SSSR count). The molecule has 1 amide bonds. The van der Waals surface area contributed by atoms with E-state index in [1.165, 1.54) is 0 Å². The predicted octanol–water partition coefficient (Wildman–Crippen LogP) is 1.04. The first-order valence-corrected chi connectivity index (χ1v) is 6.72. The van der Waals surface area contributed by atoms with Crippen LogP contribution in [0.3, 0.4) is 0 Å². The number of hydrogen-bond acceptors (Lipinski definition) is 4. The van der Waals surface area contributed by atoms with Gasteiger partial charge in [-0.05, 0) is 35.4 Å². The maximum atomic E-state index is 11.5. The van der Waals surface area contributed by atoms with Crippen LogP contribution in [0.25, 0.3) is 0 Å². The second-order valence-electron chi connectivity index (χ2n) is 4.08. The average molecular weight is 346 g/mol. The van der Waals surface area contributed by atoms with Crippen molar-refractivity contribution < 1.29 is 4.79 Å². The van der Waals surface area contributed by atoms with Gasteiger partial charge in [-0.25, -0.2) is 9.97 Å². The van der Waals surface area contributed by atoms with Crippen molar-refractivity contribution in [3.63, 3.8) is 0 Å². The molecule has 1 N–H and O–H groups in total. The number of amides is 1. The molecule has 0 unspecified atom stereocenters. The number of anilines is 1. The molecule has 1 aromatic rings. The second-order valence-corrected chi connectivity index (χ2v) is 5.32. The molecule has 0 aliphatic carbocycles. The summed E-state index contributed by atoms with van der Waals surface area (Å²) in [4.78, 5) is 22.2. The molecule has 1 aromatic heterocycles. The molecule has 6 heteroatoms. The SMILES string of the molecule is CNC(=O)C1CCN(c2ncc(I)cn2)CC1. The zero-order valence-corrected chi connectivity index (χ0v) is 11.8. The van der Waals surface area contributed by atoms with E-state index in [4.69, 9.17) is 0 Å². The van der Waals surface area contributed by atoms with E-state index in [0.29, 0.717) is 0 Å². The van der Waals surface area contributed by atoms with Crippen LogP contribution in [0.4, 0.5) is 5.95 Å². The maximum Gasteiger partial charge on any atom is 0.225 e. The standard InChI is InChI=1S/C11H15IN4O/c1-13-10(17)8-2-4-16(5-3-8)11-14-6-9(12)7-15-11/h6-8H,2-5H2,1H3,(H,13,17). The van der Waals surface area contributed by atoms with Crippen molar-refractivity contribution in [1.82, 2.24) is 15.3 Å². The lowest BCUT2D eigenvalue weighted by atomic mass is 9.96. The number of rotatable bonds is 2. The largest absolute Gasteiger partial charge is 0.359 e. The topological polar surface area (TPSA) is 58.1 Å². The molecule has 1 aliphatic rings. The van der Waals surface area contributed by atoms with E-state index in [2.05, 4.69) is 42.8 Å². The van der Waals surface area contributed by atoms with Crippen LogP contribution in [0, 0.1) is 9.49 Å². The lowest BCUT2D eigenvalue weighted by Gasteiger charge is -2.30. The molecule has 0 radical (unpaired) electrons. The maximum absolute atomic E-state index is 11.5. The molecule has 0 saturated carbocycles. The molecule has 0 aromatic carbocycles. The zero-order valence-electron chi connectivity index (χ0n) is 9.69. The van der Waals surface area contributed by atoms with Crippen LogP contribution in [-0.4, -0.2) is 36.0 Å². The summed E-state index contributed by atoms with van der Waals surface area (Å²) in [5.74, 6) is 1.05. The highest BCUT2D eigenvalue weighted by Crippen LogP contribution is 2.20. The third-order valence-corrected chi connectivity index (χ3v) is 3.56. The molecule has 0 bridgehead atoms. The van der Waals surface area contributed by atoms with Crippen molar-refractivity contribution in [3.8, 4) is 0 Å². The number of hydrogen-bond donors (Lipinski definition) is 1. The van der Waals surface area contributed by atoms with Crippen LogP contribution in [0.2, 0.25) is 0 Å². The minimum atomic E-state index is 0.139. The summed E-state index contributed by atoms with van der Waals surface area (Å²) in [5.41, 5.74) is 0. The van der Waals surface area contributed by atoms with Crippen LogP contribution in [0.1, 0.15) is 12.8 Å². The Labute approximate surface area is 114 Å². The number of aromatic nitrogens is 2. The quantitative estimate of drug-likeness (QED) is 0.814. The first-order valence-electron chi connectivity index (χ1n) is 5.65. The molecule has 1 fully saturated rings. The Morgan fingerprint density at radius 1 is 1.41 bits per heavy atom. The molecular weight excluding hydrogens is 331 g/mol. The number of halogens is 1. The van der Waals surface area contributed by atoms with Gasteiger partial charge in [-0.3, -0.25) is 4.79 Å². The molecule has 5 nitrogen and oxygen atoms in total. The van der Waals surface area contributed by atoms with E-state index in [0.717, 1.165) is 35.4 Å². The van der Waals surface area contributed by atoms with Crippen molar-refractivity contribution >= 4 is 34.4 Å². The first-order chi connectivity index (χ1) is 8.20. The van der Waals surface area contributed by atoms with Crippen molar-refractivity contribution in [1.29, 1.82) is 0 Å². The molecule has 1 saturated heterocycles. The summed E-state index contributed by atoms with van der Waals surface area (Å²) in [5, 5.41) is 2.71. The van der Waals surface area contributed by atoms with Crippen LogP contribution >= 0.6 is 22.6 Å². The van der Waals surface area contributed by atoms with Gasteiger partial charge in [-0.2, -0.15) is 0 Å². The van der Waals surface area contributed by atoms with Crippen molar-refractivity contribution in [2.45, 2.75) is 12.8 Å². The number of piperidine rings is 1. The molecular formula is C11H15IN4O. The average Bonchev–Trinajstić information content (AvgIpc) is 2.39. The predicted molar refractivity (Wildman–Crippen MR) is 73.8 cm³/mol. The first kappa shape index (κ1) is 12.5. The van der Waals surface area contributed by atoms with Gasteiger partial charge in [0.1, 0.15) is 0 Å². The fourth-order valence-corrected chi connectivity index (χ4v) is 2.29. The van der Waals surface area contributed by atoms with Crippen molar-refractivity contribution in [2.24, 2.45) is 5.92 Å². The van der Waals surface area contributed by atoms with Crippen molar-refractivity contribution in [2.75, 3.05) is 25.0 Å². The Balaban J connectivity index is 1.95. The van der Waals surface area contributed by atoms with Gasteiger partial charge in [-0.1, -0.05) is 0 Å². The molecule has 0 atom stereocenters. The Morgan fingerprint density at radius 2 is 2.00 bits per heavy atom. The van der Waals surface area contributed by atoms with Gasteiger partial charge in [0.25, 0.3) is 0 Å². The number of nitrogens with one attached hydrogen (secondary N) is 1. The number of carbonyl (C=O) groups is 1. The highest BCUT2D eigenvalue weighted by molar-refractivity contribution is 14.1. The molecule has 2 heterocycles. The van der Waals surface area contributed by atoms with Gasteiger partial charge < -0.3 is 10.2 Å². The molecule has 0 spiro atoms. The number of nitrogens with zero attached hydrogens (tertiary/aromatic N) is 3. The summed E-state index contributed by atoms with van der Waals surface area (Å²) >= 11 is 2.19.